The topological polar surface area (TPSA) is 38.0 Å². The van der Waals surface area contributed by atoms with Crippen molar-refractivity contribution in [2.75, 3.05) is 0 Å². The van der Waals surface area contributed by atoms with Gasteiger partial charge in [-0.05, 0) is 31.0 Å². The lowest BCUT2D eigenvalue weighted by Crippen LogP contribution is -2.36. The van der Waals surface area contributed by atoms with Crippen molar-refractivity contribution in [3.05, 3.63) is 35.4 Å². The second-order valence-corrected chi connectivity index (χ2v) is 3.48. The summed E-state index contributed by atoms with van der Waals surface area (Å²) in [4.78, 5) is 0. The number of hydrogen-bond donors (Lipinski definition) is 2. The molecule has 0 radical (unpaired) electrons. The molecule has 1 rings (SSSR count). The Hall–Kier alpha value is -1.44. The van der Waals surface area contributed by atoms with Gasteiger partial charge >= 0.3 is 0 Å². The molecule has 0 aliphatic carbocycles. The van der Waals surface area contributed by atoms with E-state index in [4.69, 9.17) is 5.84 Å². The Morgan fingerprint density at radius 2 is 1.94 bits per heavy atom. The minimum absolute atomic E-state index is 0.103. The Kier molecular flexibility index (Phi) is 4.90. The van der Waals surface area contributed by atoms with Crippen LogP contribution in [0, 0.1) is 23.5 Å². The highest BCUT2D eigenvalue weighted by atomic mass is 19.1. The molecule has 3 N–H and O–H groups in total. The summed E-state index contributed by atoms with van der Waals surface area (Å²) in [5.41, 5.74) is 3.14. The molecule has 0 spiro atoms. The second-order valence-electron chi connectivity index (χ2n) is 3.48. The van der Waals surface area contributed by atoms with Crippen LogP contribution in [0.2, 0.25) is 0 Å². The molecule has 2 nitrogen and oxygen atoms in total. The first kappa shape index (κ1) is 12.6. The molecule has 0 heterocycles. The summed E-state index contributed by atoms with van der Waals surface area (Å²) in [6, 6.07) is 3.34. The third kappa shape index (κ3) is 3.97. The zero-order valence-corrected chi connectivity index (χ0v) is 9.06. The molecule has 0 fully saturated rings. The van der Waals surface area contributed by atoms with E-state index in [9.17, 15) is 8.78 Å². The first-order valence-electron chi connectivity index (χ1n) is 4.96. The molecular formula is C12H14F2N2. The van der Waals surface area contributed by atoms with Gasteiger partial charge < -0.3 is 0 Å². The average Bonchev–Trinajstić information content (AvgIpc) is 2.22. The van der Waals surface area contributed by atoms with Crippen LogP contribution in [-0.2, 0) is 6.42 Å². The van der Waals surface area contributed by atoms with Gasteiger partial charge in [0.05, 0.1) is 0 Å². The number of rotatable bonds is 4. The molecule has 4 heteroatoms. The number of nitrogens with two attached hydrogens (primary N) is 1. The lowest BCUT2D eigenvalue weighted by molar-refractivity contribution is 0.528. The van der Waals surface area contributed by atoms with Crippen LogP contribution in [0.3, 0.4) is 0 Å². The minimum Gasteiger partial charge on any atom is -0.271 e. The van der Waals surface area contributed by atoms with Gasteiger partial charge in [0, 0.05) is 18.5 Å². The van der Waals surface area contributed by atoms with Gasteiger partial charge in [0.15, 0.2) is 0 Å². The zero-order chi connectivity index (χ0) is 12.0. The Morgan fingerprint density at radius 3 is 2.44 bits per heavy atom. The fourth-order valence-corrected chi connectivity index (χ4v) is 1.43. The van der Waals surface area contributed by atoms with E-state index in [0.29, 0.717) is 18.4 Å². The van der Waals surface area contributed by atoms with Gasteiger partial charge in [-0.25, -0.2) is 8.78 Å². The highest BCUT2D eigenvalue weighted by Crippen LogP contribution is 2.10. The molecule has 0 aliphatic rings. The van der Waals surface area contributed by atoms with E-state index in [1.54, 1.807) is 6.92 Å². The smallest absolute Gasteiger partial charge is 0.126 e. The predicted octanol–water partition coefficient (Wildman–Crippen LogP) is 1.75. The summed E-state index contributed by atoms with van der Waals surface area (Å²) in [6.07, 6.45) is 0.991. The van der Waals surface area contributed by atoms with Crippen molar-refractivity contribution in [1.82, 2.24) is 5.43 Å². The van der Waals surface area contributed by atoms with Crippen molar-refractivity contribution in [2.45, 2.75) is 25.8 Å². The molecule has 1 unspecified atom stereocenters. The molecule has 1 aromatic carbocycles. The van der Waals surface area contributed by atoms with E-state index in [1.807, 2.05) is 0 Å². The van der Waals surface area contributed by atoms with Crippen LogP contribution >= 0.6 is 0 Å². The van der Waals surface area contributed by atoms with Gasteiger partial charge in [0.25, 0.3) is 0 Å². The minimum atomic E-state index is -0.577. The van der Waals surface area contributed by atoms with E-state index in [-0.39, 0.29) is 6.04 Å². The molecule has 1 atom stereocenters. The summed E-state index contributed by atoms with van der Waals surface area (Å²) >= 11 is 0. The molecule has 0 saturated carbocycles. The number of nitrogens with one attached hydrogen (secondary N) is 1. The lowest BCUT2D eigenvalue weighted by atomic mass is 10.0. The standard InChI is InChI=1S/C12H14F2N2/c1-2-3-4-12(16-15)7-9-5-10(13)8-11(14)6-9/h5-6,8,12,16H,4,7,15H2,1H3. The molecular weight excluding hydrogens is 210 g/mol. The van der Waals surface area contributed by atoms with E-state index in [1.165, 1.54) is 12.1 Å². The number of hydrogen-bond acceptors (Lipinski definition) is 2. The van der Waals surface area contributed by atoms with Gasteiger partial charge in [-0.2, -0.15) is 0 Å². The molecule has 0 saturated heterocycles. The van der Waals surface area contributed by atoms with Crippen molar-refractivity contribution in [1.29, 1.82) is 0 Å². The first-order chi connectivity index (χ1) is 7.65. The van der Waals surface area contributed by atoms with Crippen molar-refractivity contribution in [3.63, 3.8) is 0 Å². The molecule has 0 aromatic heterocycles. The van der Waals surface area contributed by atoms with Gasteiger partial charge in [-0.1, -0.05) is 0 Å². The summed E-state index contributed by atoms with van der Waals surface area (Å²) in [5, 5.41) is 0. The van der Waals surface area contributed by atoms with E-state index in [2.05, 4.69) is 17.3 Å². The van der Waals surface area contributed by atoms with Crippen molar-refractivity contribution < 1.29 is 8.78 Å². The van der Waals surface area contributed by atoms with E-state index < -0.39 is 11.6 Å². The number of benzene rings is 1. The summed E-state index contributed by atoms with van der Waals surface area (Å²) in [7, 11) is 0. The maximum Gasteiger partial charge on any atom is 0.126 e. The van der Waals surface area contributed by atoms with Crippen LogP contribution in [-0.4, -0.2) is 6.04 Å². The second kappa shape index (κ2) is 6.21. The fraction of sp³-hybridized carbons (Fsp3) is 0.333. The predicted molar refractivity (Wildman–Crippen MR) is 59.2 cm³/mol. The molecule has 0 bridgehead atoms. The average molecular weight is 224 g/mol. The summed E-state index contributed by atoms with van der Waals surface area (Å²) in [6.45, 7) is 1.73. The van der Waals surface area contributed by atoms with Crippen LogP contribution in [0.1, 0.15) is 18.9 Å². The number of halogens is 2. The SMILES string of the molecule is CC#CCC(Cc1cc(F)cc(F)c1)NN. The van der Waals surface area contributed by atoms with Gasteiger partial charge in [0.2, 0.25) is 0 Å². The van der Waals surface area contributed by atoms with Crippen LogP contribution < -0.4 is 11.3 Å². The van der Waals surface area contributed by atoms with Gasteiger partial charge in [-0.3, -0.25) is 11.3 Å². The third-order valence-electron chi connectivity index (χ3n) is 2.17. The lowest BCUT2D eigenvalue weighted by Gasteiger charge is -2.12. The Morgan fingerprint density at radius 1 is 1.31 bits per heavy atom. The first-order valence-corrected chi connectivity index (χ1v) is 4.96. The van der Waals surface area contributed by atoms with Crippen LogP contribution in [0.4, 0.5) is 8.78 Å². The molecule has 86 valence electrons. The van der Waals surface area contributed by atoms with E-state index in [0.717, 1.165) is 6.07 Å². The normalized spacial score (nSPS) is 11.8. The van der Waals surface area contributed by atoms with Crippen molar-refractivity contribution in [3.8, 4) is 11.8 Å². The molecule has 0 amide bonds. The van der Waals surface area contributed by atoms with Crippen molar-refractivity contribution in [2.24, 2.45) is 5.84 Å². The number of hydrazine groups is 1. The zero-order valence-electron chi connectivity index (χ0n) is 9.06. The highest BCUT2D eigenvalue weighted by molar-refractivity contribution is 5.19. The summed E-state index contributed by atoms with van der Waals surface area (Å²) < 4.78 is 25.8. The van der Waals surface area contributed by atoms with Gasteiger partial charge in [0.1, 0.15) is 11.6 Å². The summed E-state index contributed by atoms with van der Waals surface area (Å²) in [5.74, 6) is 9.80. The fourth-order valence-electron chi connectivity index (χ4n) is 1.43. The molecule has 0 aliphatic heterocycles. The van der Waals surface area contributed by atoms with E-state index >= 15 is 0 Å². The Labute approximate surface area is 93.8 Å². The maximum absolute atomic E-state index is 12.9. The monoisotopic (exact) mass is 224 g/mol. The van der Waals surface area contributed by atoms with Crippen LogP contribution in [0.15, 0.2) is 18.2 Å². The van der Waals surface area contributed by atoms with Crippen molar-refractivity contribution >= 4 is 0 Å². The molecule has 16 heavy (non-hydrogen) atoms. The van der Waals surface area contributed by atoms with Crippen LogP contribution in [0.25, 0.3) is 0 Å². The van der Waals surface area contributed by atoms with Crippen LogP contribution in [0.5, 0.6) is 0 Å². The maximum atomic E-state index is 12.9. The largest absolute Gasteiger partial charge is 0.271 e. The quantitative estimate of drug-likeness (QED) is 0.464. The highest BCUT2D eigenvalue weighted by Gasteiger charge is 2.08. The molecule has 1 aromatic rings. The van der Waals surface area contributed by atoms with Gasteiger partial charge in [-0.15, -0.1) is 11.8 Å². The Bertz CT molecular complexity index is 387. The third-order valence-corrected chi connectivity index (χ3v) is 2.17. The Balaban J connectivity index is 2.72.